The first-order chi connectivity index (χ1) is 7.29. The predicted octanol–water partition coefficient (Wildman–Crippen LogP) is 2.93. The van der Waals surface area contributed by atoms with Gasteiger partial charge in [-0.3, -0.25) is 0 Å². The Morgan fingerprint density at radius 3 is 2.27 bits per heavy atom. The Bertz CT molecular complexity index is 526. The number of nitrogens with zero attached hydrogens (tertiary/aromatic N) is 1. The molecule has 0 amide bonds. The SMILES string of the molecule is N#Cc1cccc(-c2cccc(O)c2)c1. The third kappa shape index (κ3) is 1.97. The first kappa shape index (κ1) is 9.29. The molecule has 2 heteroatoms. The number of aromatic hydroxyl groups is 1. The van der Waals surface area contributed by atoms with Crippen LogP contribution >= 0.6 is 0 Å². The lowest BCUT2D eigenvalue weighted by Crippen LogP contribution is -1.79. The molecule has 2 aromatic rings. The molecule has 0 heterocycles. The molecule has 0 aliphatic heterocycles. The zero-order valence-corrected chi connectivity index (χ0v) is 8.01. The van der Waals surface area contributed by atoms with Crippen molar-refractivity contribution in [1.82, 2.24) is 0 Å². The van der Waals surface area contributed by atoms with Gasteiger partial charge in [0.1, 0.15) is 5.75 Å². The number of nitriles is 1. The van der Waals surface area contributed by atoms with Crippen molar-refractivity contribution in [3.8, 4) is 22.9 Å². The molecule has 1 N–H and O–H groups in total. The summed E-state index contributed by atoms with van der Waals surface area (Å²) in [5.41, 5.74) is 2.47. The Labute approximate surface area is 88.0 Å². The second-order valence-electron chi connectivity index (χ2n) is 3.24. The van der Waals surface area contributed by atoms with Crippen LogP contribution in [0.2, 0.25) is 0 Å². The third-order valence-corrected chi connectivity index (χ3v) is 2.17. The van der Waals surface area contributed by atoms with Crippen molar-refractivity contribution in [3.05, 3.63) is 54.1 Å². The Morgan fingerprint density at radius 2 is 1.60 bits per heavy atom. The van der Waals surface area contributed by atoms with Gasteiger partial charge >= 0.3 is 0 Å². The largest absolute Gasteiger partial charge is 0.508 e. The van der Waals surface area contributed by atoms with Crippen molar-refractivity contribution in [2.24, 2.45) is 0 Å². The number of phenolic OH excluding ortho intramolecular Hbond substituents is 1. The summed E-state index contributed by atoms with van der Waals surface area (Å²) in [4.78, 5) is 0. The summed E-state index contributed by atoms with van der Waals surface area (Å²) in [6, 6.07) is 16.4. The van der Waals surface area contributed by atoms with Gasteiger partial charge in [-0.2, -0.15) is 5.26 Å². The average molecular weight is 195 g/mol. The summed E-state index contributed by atoms with van der Waals surface area (Å²) in [6.45, 7) is 0. The molecule has 15 heavy (non-hydrogen) atoms. The number of benzene rings is 2. The van der Waals surface area contributed by atoms with E-state index in [0.717, 1.165) is 11.1 Å². The lowest BCUT2D eigenvalue weighted by Gasteiger charge is -2.02. The summed E-state index contributed by atoms with van der Waals surface area (Å²) in [5.74, 6) is 0.231. The summed E-state index contributed by atoms with van der Waals surface area (Å²) in [5, 5.41) is 18.1. The third-order valence-electron chi connectivity index (χ3n) is 2.17. The Balaban J connectivity index is 2.50. The van der Waals surface area contributed by atoms with Crippen molar-refractivity contribution in [2.45, 2.75) is 0 Å². The lowest BCUT2D eigenvalue weighted by molar-refractivity contribution is 0.475. The fourth-order valence-electron chi connectivity index (χ4n) is 1.45. The molecule has 72 valence electrons. The van der Waals surface area contributed by atoms with Gasteiger partial charge in [-0.05, 0) is 35.4 Å². The van der Waals surface area contributed by atoms with Crippen LogP contribution in [0.5, 0.6) is 5.75 Å². The fraction of sp³-hybridized carbons (Fsp3) is 0. The first-order valence-electron chi connectivity index (χ1n) is 4.59. The highest BCUT2D eigenvalue weighted by Gasteiger charge is 1.99. The van der Waals surface area contributed by atoms with E-state index in [1.54, 1.807) is 30.3 Å². The van der Waals surface area contributed by atoms with Crippen molar-refractivity contribution in [1.29, 1.82) is 5.26 Å². The molecular weight excluding hydrogens is 186 g/mol. The van der Waals surface area contributed by atoms with Crippen LogP contribution in [-0.4, -0.2) is 5.11 Å². The van der Waals surface area contributed by atoms with Crippen LogP contribution in [-0.2, 0) is 0 Å². The normalized spacial score (nSPS) is 9.53. The summed E-state index contributed by atoms with van der Waals surface area (Å²) in [7, 11) is 0. The minimum absolute atomic E-state index is 0.231. The summed E-state index contributed by atoms with van der Waals surface area (Å²) < 4.78 is 0. The minimum atomic E-state index is 0.231. The van der Waals surface area contributed by atoms with Crippen LogP contribution in [0.15, 0.2) is 48.5 Å². The van der Waals surface area contributed by atoms with Gasteiger partial charge in [0.2, 0.25) is 0 Å². The van der Waals surface area contributed by atoms with Crippen molar-refractivity contribution < 1.29 is 5.11 Å². The molecule has 0 aromatic heterocycles. The van der Waals surface area contributed by atoms with Gasteiger partial charge in [-0.1, -0.05) is 24.3 Å². The molecule has 2 nitrogen and oxygen atoms in total. The quantitative estimate of drug-likeness (QED) is 0.760. The smallest absolute Gasteiger partial charge is 0.116 e. The monoisotopic (exact) mass is 195 g/mol. The molecular formula is C13H9NO. The maximum atomic E-state index is 9.34. The molecule has 0 fully saturated rings. The first-order valence-corrected chi connectivity index (χ1v) is 4.59. The molecule has 0 bridgehead atoms. The number of hydrogen-bond donors (Lipinski definition) is 1. The summed E-state index contributed by atoms with van der Waals surface area (Å²) >= 11 is 0. The minimum Gasteiger partial charge on any atom is -0.508 e. The average Bonchev–Trinajstić information content (AvgIpc) is 2.29. The van der Waals surface area contributed by atoms with Gasteiger partial charge in [-0.25, -0.2) is 0 Å². The Hall–Kier alpha value is -2.27. The van der Waals surface area contributed by atoms with Crippen LogP contribution in [0.3, 0.4) is 0 Å². The van der Waals surface area contributed by atoms with E-state index in [0.29, 0.717) is 5.56 Å². The zero-order chi connectivity index (χ0) is 10.7. The maximum absolute atomic E-state index is 9.34. The van der Waals surface area contributed by atoms with Gasteiger partial charge in [0.25, 0.3) is 0 Å². The standard InChI is InChI=1S/C13H9NO/c14-9-10-3-1-4-11(7-10)12-5-2-6-13(15)8-12/h1-8,15H. The topological polar surface area (TPSA) is 44.0 Å². The van der Waals surface area contributed by atoms with Crippen molar-refractivity contribution in [2.75, 3.05) is 0 Å². The van der Waals surface area contributed by atoms with Gasteiger partial charge in [0, 0.05) is 0 Å². The van der Waals surface area contributed by atoms with Crippen LogP contribution in [0.1, 0.15) is 5.56 Å². The van der Waals surface area contributed by atoms with Crippen LogP contribution in [0.4, 0.5) is 0 Å². The van der Waals surface area contributed by atoms with E-state index in [1.165, 1.54) is 0 Å². The molecule has 0 radical (unpaired) electrons. The highest BCUT2D eigenvalue weighted by molar-refractivity contribution is 5.66. The van der Waals surface area contributed by atoms with Crippen LogP contribution in [0.25, 0.3) is 11.1 Å². The molecule has 0 unspecified atom stereocenters. The highest BCUT2D eigenvalue weighted by Crippen LogP contribution is 2.23. The molecule has 2 rings (SSSR count). The second-order valence-corrected chi connectivity index (χ2v) is 3.24. The van der Waals surface area contributed by atoms with Crippen molar-refractivity contribution in [3.63, 3.8) is 0 Å². The van der Waals surface area contributed by atoms with E-state index in [9.17, 15) is 5.11 Å². The van der Waals surface area contributed by atoms with E-state index in [1.807, 2.05) is 18.2 Å². The zero-order valence-electron chi connectivity index (χ0n) is 8.01. The van der Waals surface area contributed by atoms with E-state index < -0.39 is 0 Å². The summed E-state index contributed by atoms with van der Waals surface area (Å²) in [6.07, 6.45) is 0. The number of phenols is 1. The van der Waals surface area contributed by atoms with E-state index in [-0.39, 0.29) is 5.75 Å². The molecule has 0 atom stereocenters. The molecule has 0 saturated heterocycles. The Morgan fingerprint density at radius 1 is 0.933 bits per heavy atom. The fourth-order valence-corrected chi connectivity index (χ4v) is 1.45. The van der Waals surface area contributed by atoms with E-state index >= 15 is 0 Å². The number of hydrogen-bond acceptors (Lipinski definition) is 2. The van der Waals surface area contributed by atoms with Gasteiger partial charge in [-0.15, -0.1) is 0 Å². The lowest BCUT2D eigenvalue weighted by atomic mass is 10.0. The highest BCUT2D eigenvalue weighted by atomic mass is 16.3. The van der Waals surface area contributed by atoms with Gasteiger partial charge in [0.15, 0.2) is 0 Å². The molecule has 2 aromatic carbocycles. The second kappa shape index (κ2) is 3.85. The van der Waals surface area contributed by atoms with E-state index in [2.05, 4.69) is 6.07 Å². The van der Waals surface area contributed by atoms with Gasteiger partial charge < -0.3 is 5.11 Å². The van der Waals surface area contributed by atoms with E-state index in [4.69, 9.17) is 5.26 Å². The van der Waals surface area contributed by atoms with Crippen LogP contribution in [0, 0.1) is 11.3 Å². The molecule has 0 saturated carbocycles. The number of rotatable bonds is 1. The molecule has 0 aliphatic rings. The molecule has 0 spiro atoms. The predicted molar refractivity (Wildman–Crippen MR) is 58.3 cm³/mol. The van der Waals surface area contributed by atoms with Crippen molar-refractivity contribution >= 4 is 0 Å². The molecule has 0 aliphatic carbocycles. The van der Waals surface area contributed by atoms with Crippen LogP contribution < -0.4 is 0 Å². The maximum Gasteiger partial charge on any atom is 0.116 e. The van der Waals surface area contributed by atoms with Gasteiger partial charge in [0.05, 0.1) is 11.6 Å². The Kier molecular flexibility index (Phi) is 2.38.